The van der Waals surface area contributed by atoms with Gasteiger partial charge in [-0.1, -0.05) is 18.2 Å². The summed E-state index contributed by atoms with van der Waals surface area (Å²) in [6, 6.07) is 8.46. The molecule has 0 radical (unpaired) electrons. The van der Waals surface area contributed by atoms with Gasteiger partial charge in [0.1, 0.15) is 5.75 Å². The van der Waals surface area contributed by atoms with Crippen LogP contribution in [0, 0.1) is 11.3 Å². The Bertz CT molecular complexity index is 814. The number of nitrogens with one attached hydrogen (secondary N) is 1. The van der Waals surface area contributed by atoms with E-state index in [2.05, 4.69) is 23.5 Å². The first kappa shape index (κ1) is 15.8. The summed E-state index contributed by atoms with van der Waals surface area (Å²) in [5.74, 6) is -0.206. The molecule has 24 heavy (non-hydrogen) atoms. The number of amides is 1. The van der Waals surface area contributed by atoms with E-state index in [0.29, 0.717) is 11.3 Å². The van der Waals surface area contributed by atoms with Crippen molar-refractivity contribution in [2.75, 3.05) is 12.0 Å². The molecular weight excluding hydrogens is 324 g/mol. The molecule has 0 saturated heterocycles. The smallest absolute Gasteiger partial charge is 0.235 e. The molecule has 128 valence electrons. The molecule has 1 amide bonds. The van der Waals surface area contributed by atoms with E-state index < -0.39 is 15.6 Å². The highest BCUT2D eigenvalue weighted by atomic mass is 32.2. The Labute approximate surface area is 142 Å². The van der Waals surface area contributed by atoms with Crippen molar-refractivity contribution in [3.63, 3.8) is 0 Å². The number of nitrogens with zero attached hydrogens (tertiary/aromatic N) is 1. The Kier molecular flexibility index (Phi) is 3.56. The second-order valence-electron chi connectivity index (χ2n) is 7.76. The zero-order valence-corrected chi connectivity index (χ0v) is 14.6. The molecule has 2 saturated carbocycles. The van der Waals surface area contributed by atoms with Crippen molar-refractivity contribution < 1.29 is 13.2 Å². The molecule has 0 bridgehead atoms. The molecule has 6 heteroatoms. The van der Waals surface area contributed by atoms with Crippen LogP contribution in [0.2, 0.25) is 0 Å². The predicted molar refractivity (Wildman–Crippen MR) is 93.3 cm³/mol. The Morgan fingerprint density at radius 3 is 2.62 bits per heavy atom. The normalized spacial score (nSPS) is 31.0. The maximum Gasteiger partial charge on any atom is 0.235 e. The summed E-state index contributed by atoms with van der Waals surface area (Å²) in [5, 5.41) is 2.85. The molecule has 3 aliphatic rings. The molecule has 1 aromatic carbocycles. The van der Waals surface area contributed by atoms with Crippen LogP contribution in [0.25, 0.3) is 0 Å². The van der Waals surface area contributed by atoms with Crippen LogP contribution < -0.4 is 5.32 Å². The van der Waals surface area contributed by atoms with Gasteiger partial charge in [0.25, 0.3) is 0 Å². The van der Waals surface area contributed by atoms with E-state index in [-0.39, 0.29) is 11.9 Å². The van der Waals surface area contributed by atoms with Gasteiger partial charge in [-0.15, -0.1) is 0 Å². The summed E-state index contributed by atoms with van der Waals surface area (Å²) >= 11 is 0. The van der Waals surface area contributed by atoms with Gasteiger partial charge in [-0.25, -0.2) is 8.42 Å². The van der Waals surface area contributed by atoms with E-state index in [0.717, 1.165) is 44.0 Å². The summed E-state index contributed by atoms with van der Waals surface area (Å²) in [6.45, 7) is 0. The van der Waals surface area contributed by atoms with Gasteiger partial charge in [0, 0.05) is 24.4 Å². The quantitative estimate of drug-likeness (QED) is 0.906. The number of sulfone groups is 1. The number of fused-ring (bicyclic) bond motifs is 1. The topological polar surface area (TPSA) is 75.6 Å². The lowest BCUT2D eigenvalue weighted by molar-refractivity contribution is -0.122. The highest BCUT2D eigenvalue weighted by Crippen LogP contribution is 2.59. The molecule has 0 aromatic heterocycles. The van der Waals surface area contributed by atoms with Gasteiger partial charge in [0.2, 0.25) is 5.91 Å². The second-order valence-corrected chi connectivity index (χ2v) is 9.90. The zero-order chi connectivity index (χ0) is 16.9. The van der Waals surface area contributed by atoms with Gasteiger partial charge in [-0.05, 0) is 48.6 Å². The fourth-order valence-corrected chi connectivity index (χ4v) is 5.10. The summed E-state index contributed by atoms with van der Waals surface area (Å²) in [7, 11) is -3.25. The average Bonchev–Trinajstić information content (AvgIpc) is 2.80. The van der Waals surface area contributed by atoms with Crippen LogP contribution >= 0.6 is 0 Å². The first-order chi connectivity index (χ1) is 11.3. The van der Waals surface area contributed by atoms with E-state index in [1.165, 1.54) is 11.3 Å². The molecule has 2 fully saturated rings. The Morgan fingerprint density at radius 1 is 1.25 bits per heavy atom. The molecule has 1 aromatic rings. The molecular formula is C18H22N2O3S. The largest absolute Gasteiger partial charge is 0.352 e. The van der Waals surface area contributed by atoms with Crippen LogP contribution in [0.1, 0.15) is 31.2 Å². The van der Waals surface area contributed by atoms with Crippen LogP contribution in [0.3, 0.4) is 0 Å². The minimum atomic E-state index is -3.25. The van der Waals surface area contributed by atoms with Gasteiger partial charge < -0.3 is 5.32 Å². The highest BCUT2D eigenvalue weighted by molar-refractivity contribution is 7.91. The summed E-state index contributed by atoms with van der Waals surface area (Å²) in [6.07, 6.45) is 6.31. The van der Waals surface area contributed by atoms with Crippen LogP contribution in [-0.2, 0) is 21.1 Å². The number of benzene rings is 1. The molecule has 1 heterocycles. The van der Waals surface area contributed by atoms with Crippen molar-refractivity contribution in [1.29, 1.82) is 0 Å². The standard InChI is InChI=1S/C18H22N2O3S/c1-24(22,23)11-17(21)19-14-9-18(10-14)7-13(8-18)16-6-12-4-2-3-5-15(12)20-16/h2-5,13-14H,6-11H2,1H3,(H,19,21). The highest BCUT2D eigenvalue weighted by Gasteiger charge is 2.54. The maximum absolute atomic E-state index is 11.7. The van der Waals surface area contributed by atoms with Gasteiger partial charge in [0.05, 0.1) is 5.69 Å². The maximum atomic E-state index is 11.7. The molecule has 1 spiro atoms. The number of hydrogen-bond acceptors (Lipinski definition) is 4. The van der Waals surface area contributed by atoms with Crippen molar-refractivity contribution in [3.8, 4) is 0 Å². The van der Waals surface area contributed by atoms with Gasteiger partial charge in [-0.2, -0.15) is 0 Å². The molecule has 4 rings (SSSR count). The number of carbonyl (C=O) groups excluding carboxylic acids is 1. The Hall–Kier alpha value is -1.69. The summed E-state index contributed by atoms with van der Waals surface area (Å²) < 4.78 is 22.3. The van der Waals surface area contributed by atoms with Crippen molar-refractivity contribution in [2.24, 2.45) is 16.3 Å². The number of hydrogen-bond donors (Lipinski definition) is 1. The van der Waals surface area contributed by atoms with E-state index >= 15 is 0 Å². The van der Waals surface area contributed by atoms with Crippen LogP contribution in [0.15, 0.2) is 29.3 Å². The first-order valence-electron chi connectivity index (χ1n) is 8.44. The zero-order valence-electron chi connectivity index (χ0n) is 13.8. The van der Waals surface area contributed by atoms with Gasteiger partial charge in [-0.3, -0.25) is 9.79 Å². The lowest BCUT2D eigenvalue weighted by Gasteiger charge is -2.58. The van der Waals surface area contributed by atoms with Crippen LogP contribution in [-0.4, -0.2) is 38.1 Å². The first-order valence-corrected chi connectivity index (χ1v) is 10.5. The van der Waals surface area contributed by atoms with Crippen molar-refractivity contribution in [1.82, 2.24) is 5.32 Å². The lowest BCUT2D eigenvalue weighted by Crippen LogP contribution is -2.57. The van der Waals surface area contributed by atoms with Crippen LogP contribution in [0.5, 0.6) is 0 Å². The van der Waals surface area contributed by atoms with Crippen molar-refractivity contribution in [3.05, 3.63) is 29.8 Å². The average molecular weight is 346 g/mol. The SMILES string of the molecule is CS(=O)(=O)CC(=O)NC1CC2(C1)CC(C1=Nc3ccccc3C1)C2. The number of carbonyl (C=O) groups is 1. The predicted octanol–water partition coefficient (Wildman–Crippen LogP) is 2.03. The molecule has 0 unspecified atom stereocenters. The third-order valence-corrected chi connectivity index (χ3v) is 6.36. The lowest BCUT2D eigenvalue weighted by atomic mass is 9.49. The van der Waals surface area contributed by atoms with Crippen molar-refractivity contribution >= 4 is 27.1 Å². The molecule has 5 nitrogen and oxygen atoms in total. The Balaban J connectivity index is 1.26. The second kappa shape index (κ2) is 5.41. The minimum Gasteiger partial charge on any atom is -0.352 e. The summed E-state index contributed by atoms with van der Waals surface area (Å²) in [5.41, 5.74) is 4.11. The fraction of sp³-hybridized carbons (Fsp3) is 0.556. The number of para-hydroxylation sites is 1. The fourth-order valence-electron chi connectivity index (χ4n) is 4.54. The molecule has 1 aliphatic heterocycles. The summed E-state index contributed by atoms with van der Waals surface area (Å²) in [4.78, 5) is 16.5. The Morgan fingerprint density at radius 2 is 1.96 bits per heavy atom. The van der Waals surface area contributed by atoms with E-state index in [4.69, 9.17) is 4.99 Å². The van der Waals surface area contributed by atoms with Gasteiger partial charge in [0.15, 0.2) is 9.84 Å². The molecule has 1 N–H and O–H groups in total. The van der Waals surface area contributed by atoms with Gasteiger partial charge >= 0.3 is 0 Å². The molecule has 0 atom stereocenters. The minimum absolute atomic E-state index is 0.142. The monoisotopic (exact) mass is 346 g/mol. The van der Waals surface area contributed by atoms with Crippen molar-refractivity contribution in [2.45, 2.75) is 38.1 Å². The van der Waals surface area contributed by atoms with E-state index in [1.807, 2.05) is 6.07 Å². The van der Waals surface area contributed by atoms with Crippen LogP contribution in [0.4, 0.5) is 5.69 Å². The number of rotatable bonds is 4. The van der Waals surface area contributed by atoms with E-state index in [1.54, 1.807) is 0 Å². The molecule has 2 aliphatic carbocycles. The third-order valence-electron chi connectivity index (χ3n) is 5.57. The van der Waals surface area contributed by atoms with E-state index in [9.17, 15) is 13.2 Å². The number of aliphatic imine (C=N–C) groups is 1. The third kappa shape index (κ3) is 2.99.